The predicted molar refractivity (Wildman–Crippen MR) is 61.0 cm³/mol. The summed E-state index contributed by atoms with van der Waals surface area (Å²) in [6, 6.07) is 2.06. The first kappa shape index (κ1) is 11.6. The van der Waals surface area contributed by atoms with Gasteiger partial charge in [0.1, 0.15) is 4.75 Å². The van der Waals surface area contributed by atoms with E-state index in [1.54, 1.807) is 23.1 Å². The summed E-state index contributed by atoms with van der Waals surface area (Å²) in [6.07, 6.45) is 0. The van der Waals surface area contributed by atoms with Gasteiger partial charge in [-0.3, -0.25) is 4.79 Å². The highest BCUT2D eigenvalue weighted by Gasteiger charge is 2.30. The van der Waals surface area contributed by atoms with E-state index in [0.717, 1.165) is 0 Å². The van der Waals surface area contributed by atoms with Gasteiger partial charge >= 0.3 is 5.97 Å². The lowest BCUT2D eigenvalue weighted by atomic mass is 10.2. The van der Waals surface area contributed by atoms with Gasteiger partial charge in [0.05, 0.1) is 11.3 Å². The van der Waals surface area contributed by atoms with Gasteiger partial charge in [0.2, 0.25) is 0 Å². The molecular formula is C10H14O2S2. The first-order chi connectivity index (χ1) is 6.47. The van der Waals surface area contributed by atoms with Crippen LogP contribution in [0.2, 0.25) is 0 Å². The molecule has 0 spiro atoms. The molecule has 0 aromatic carbocycles. The van der Waals surface area contributed by atoms with E-state index >= 15 is 0 Å². The number of hydrogen-bond donors (Lipinski definition) is 0. The van der Waals surface area contributed by atoms with Crippen molar-refractivity contribution < 1.29 is 9.53 Å². The summed E-state index contributed by atoms with van der Waals surface area (Å²) < 4.78 is 5.42. The highest BCUT2D eigenvalue weighted by molar-refractivity contribution is 8.03. The Morgan fingerprint density at radius 2 is 2.21 bits per heavy atom. The number of esters is 1. The Hall–Kier alpha value is -0.480. The van der Waals surface area contributed by atoms with Crippen LogP contribution < -0.4 is 0 Å². The summed E-state index contributed by atoms with van der Waals surface area (Å²) in [4.78, 5) is 11.4. The number of thioether (sulfide) groups is 1. The van der Waals surface area contributed by atoms with Crippen molar-refractivity contribution in [2.24, 2.45) is 0 Å². The predicted octanol–water partition coefficient (Wildman–Crippen LogP) is 3.10. The summed E-state index contributed by atoms with van der Waals surface area (Å²) in [7, 11) is 1.42. The fraction of sp³-hybridized carbons (Fsp3) is 0.500. The molecule has 0 bridgehead atoms. The number of carbonyl (C=O) groups excluding carboxylic acids is 1. The van der Waals surface area contributed by atoms with Crippen LogP contribution in [0.3, 0.4) is 0 Å². The van der Waals surface area contributed by atoms with E-state index < -0.39 is 4.75 Å². The van der Waals surface area contributed by atoms with Crippen molar-refractivity contribution >= 4 is 29.1 Å². The minimum Gasteiger partial charge on any atom is -0.468 e. The molecule has 0 aliphatic heterocycles. The van der Waals surface area contributed by atoms with Gasteiger partial charge in [0.25, 0.3) is 0 Å². The Balaban J connectivity index is 2.78. The number of hydrogen-bond acceptors (Lipinski definition) is 4. The fourth-order valence-electron chi connectivity index (χ4n) is 0.983. The minimum atomic E-state index is -0.510. The van der Waals surface area contributed by atoms with Crippen LogP contribution in [-0.2, 0) is 9.53 Å². The van der Waals surface area contributed by atoms with E-state index in [9.17, 15) is 4.79 Å². The van der Waals surface area contributed by atoms with E-state index in [-0.39, 0.29) is 5.97 Å². The highest BCUT2D eigenvalue weighted by Crippen LogP contribution is 2.38. The zero-order valence-electron chi connectivity index (χ0n) is 8.79. The summed E-state index contributed by atoms with van der Waals surface area (Å²) >= 11 is 3.22. The smallest absolute Gasteiger partial charge is 0.321 e. The molecule has 0 unspecified atom stereocenters. The van der Waals surface area contributed by atoms with Crippen LogP contribution in [0.5, 0.6) is 0 Å². The SMILES string of the molecule is COC(=O)C(C)(C)Sc1sccc1C. The Bertz CT molecular complexity index is 329. The molecule has 1 aromatic heterocycles. The van der Waals surface area contributed by atoms with Gasteiger partial charge in [-0.15, -0.1) is 11.3 Å². The second-order valence-electron chi connectivity index (χ2n) is 3.50. The summed E-state index contributed by atoms with van der Waals surface area (Å²) in [5, 5.41) is 2.03. The number of aryl methyl sites for hydroxylation is 1. The monoisotopic (exact) mass is 230 g/mol. The topological polar surface area (TPSA) is 26.3 Å². The van der Waals surface area contributed by atoms with Crippen molar-refractivity contribution in [1.82, 2.24) is 0 Å². The zero-order chi connectivity index (χ0) is 10.8. The lowest BCUT2D eigenvalue weighted by molar-refractivity contribution is -0.142. The van der Waals surface area contributed by atoms with Gasteiger partial charge in [0.15, 0.2) is 0 Å². The van der Waals surface area contributed by atoms with Crippen LogP contribution in [0.4, 0.5) is 0 Å². The molecule has 0 N–H and O–H groups in total. The van der Waals surface area contributed by atoms with Crippen molar-refractivity contribution in [3.8, 4) is 0 Å². The molecule has 78 valence electrons. The Morgan fingerprint density at radius 1 is 1.57 bits per heavy atom. The van der Waals surface area contributed by atoms with Crippen molar-refractivity contribution in [3.05, 3.63) is 17.0 Å². The van der Waals surface area contributed by atoms with Crippen LogP contribution in [0.15, 0.2) is 15.7 Å². The number of methoxy groups -OCH3 is 1. The number of rotatable bonds is 3. The molecule has 0 aliphatic carbocycles. The number of thiophene rings is 1. The molecule has 0 fully saturated rings. The molecule has 1 aromatic rings. The molecule has 2 nitrogen and oxygen atoms in total. The number of carbonyl (C=O) groups is 1. The standard InChI is InChI=1S/C10H14O2S2/c1-7-5-6-13-8(7)14-10(2,3)9(11)12-4/h5-6H,1-4H3. The third-order valence-corrected chi connectivity index (χ3v) is 4.37. The molecule has 14 heavy (non-hydrogen) atoms. The minimum absolute atomic E-state index is 0.185. The van der Waals surface area contributed by atoms with Gasteiger partial charge < -0.3 is 4.74 Å². The first-order valence-corrected chi connectivity index (χ1v) is 5.98. The molecular weight excluding hydrogens is 216 g/mol. The molecule has 1 heterocycles. The van der Waals surface area contributed by atoms with Crippen molar-refractivity contribution in [2.45, 2.75) is 29.7 Å². The summed E-state index contributed by atoms with van der Waals surface area (Å²) in [5.74, 6) is -0.185. The van der Waals surface area contributed by atoms with Crippen LogP contribution in [0, 0.1) is 6.92 Å². The third kappa shape index (κ3) is 2.51. The molecule has 0 atom stereocenters. The summed E-state index contributed by atoms with van der Waals surface area (Å²) in [6.45, 7) is 5.80. The van der Waals surface area contributed by atoms with Crippen LogP contribution in [0.1, 0.15) is 19.4 Å². The maximum atomic E-state index is 11.4. The molecule has 1 rings (SSSR count). The number of ether oxygens (including phenoxy) is 1. The quantitative estimate of drug-likeness (QED) is 0.589. The maximum absolute atomic E-state index is 11.4. The molecule has 0 saturated heterocycles. The van der Waals surface area contributed by atoms with Gasteiger partial charge in [-0.05, 0) is 37.8 Å². The van der Waals surface area contributed by atoms with Crippen LogP contribution >= 0.6 is 23.1 Å². The summed E-state index contributed by atoms with van der Waals surface area (Å²) in [5.41, 5.74) is 1.22. The van der Waals surface area contributed by atoms with Crippen molar-refractivity contribution in [1.29, 1.82) is 0 Å². The van der Waals surface area contributed by atoms with E-state index in [1.165, 1.54) is 16.9 Å². The second kappa shape index (κ2) is 4.36. The third-order valence-electron chi connectivity index (χ3n) is 1.84. The fourth-order valence-corrected chi connectivity index (χ4v) is 3.48. The first-order valence-electron chi connectivity index (χ1n) is 4.29. The Morgan fingerprint density at radius 3 is 2.64 bits per heavy atom. The van der Waals surface area contributed by atoms with Gasteiger partial charge in [-0.25, -0.2) is 0 Å². The molecule has 4 heteroatoms. The Labute approximate surface area is 92.7 Å². The van der Waals surface area contributed by atoms with Gasteiger partial charge in [-0.2, -0.15) is 0 Å². The highest BCUT2D eigenvalue weighted by atomic mass is 32.2. The van der Waals surface area contributed by atoms with E-state index in [4.69, 9.17) is 4.74 Å². The maximum Gasteiger partial charge on any atom is 0.321 e. The normalized spacial score (nSPS) is 11.4. The molecule has 0 aliphatic rings. The molecule has 0 saturated carbocycles. The van der Waals surface area contributed by atoms with Gasteiger partial charge in [0, 0.05) is 0 Å². The Kier molecular flexibility index (Phi) is 3.61. The zero-order valence-corrected chi connectivity index (χ0v) is 10.4. The lowest BCUT2D eigenvalue weighted by Gasteiger charge is -2.20. The van der Waals surface area contributed by atoms with Crippen molar-refractivity contribution in [2.75, 3.05) is 7.11 Å². The van der Waals surface area contributed by atoms with Gasteiger partial charge in [-0.1, -0.05) is 11.8 Å². The van der Waals surface area contributed by atoms with Crippen LogP contribution in [0.25, 0.3) is 0 Å². The second-order valence-corrected chi connectivity index (χ2v) is 6.30. The molecule has 0 radical (unpaired) electrons. The average molecular weight is 230 g/mol. The van der Waals surface area contributed by atoms with E-state index in [1.807, 2.05) is 26.2 Å². The largest absolute Gasteiger partial charge is 0.468 e. The molecule has 0 amide bonds. The van der Waals surface area contributed by atoms with E-state index in [0.29, 0.717) is 0 Å². The van der Waals surface area contributed by atoms with Crippen molar-refractivity contribution in [3.63, 3.8) is 0 Å². The van der Waals surface area contributed by atoms with Crippen LogP contribution in [-0.4, -0.2) is 17.8 Å². The lowest BCUT2D eigenvalue weighted by Crippen LogP contribution is -2.28. The van der Waals surface area contributed by atoms with E-state index in [2.05, 4.69) is 6.07 Å². The average Bonchev–Trinajstić information content (AvgIpc) is 2.50.